The first-order chi connectivity index (χ1) is 14.0. The van der Waals surface area contributed by atoms with Gasteiger partial charge in [-0.2, -0.15) is 0 Å². The fourth-order valence-corrected chi connectivity index (χ4v) is 4.31. The third kappa shape index (κ3) is 4.31. The van der Waals surface area contributed by atoms with E-state index in [1.165, 1.54) is 0 Å². The number of hydrogen-bond acceptors (Lipinski definition) is 3. The number of carbonyl (C=O) groups is 1. The van der Waals surface area contributed by atoms with Crippen LogP contribution in [0.5, 0.6) is 0 Å². The Morgan fingerprint density at radius 3 is 2.24 bits per heavy atom. The molecule has 0 atom stereocenters. The van der Waals surface area contributed by atoms with Crippen molar-refractivity contribution in [2.45, 2.75) is 0 Å². The van der Waals surface area contributed by atoms with E-state index in [0.717, 1.165) is 21.8 Å². The second-order valence-electron chi connectivity index (χ2n) is 6.15. The summed E-state index contributed by atoms with van der Waals surface area (Å²) in [5.74, 6) is -0.421. The molecule has 0 fully saturated rings. The average Bonchev–Trinajstić information content (AvgIpc) is 3.23. The fraction of sp³-hybridized carbons (Fsp3) is 0. The Balaban J connectivity index is 1.53. The molecule has 1 amide bonds. The zero-order chi connectivity index (χ0) is 20.4. The second kappa shape index (κ2) is 8.56. The van der Waals surface area contributed by atoms with Gasteiger partial charge in [-0.1, -0.05) is 77.3 Å². The van der Waals surface area contributed by atoms with Crippen LogP contribution in [0.2, 0.25) is 15.1 Å². The van der Waals surface area contributed by atoms with Gasteiger partial charge in [0.2, 0.25) is 0 Å². The molecule has 29 heavy (non-hydrogen) atoms. The fourth-order valence-electron chi connectivity index (χ4n) is 2.77. The number of anilines is 1. The van der Waals surface area contributed by atoms with Crippen LogP contribution >= 0.6 is 46.1 Å². The first kappa shape index (κ1) is 19.9. The molecule has 0 saturated carbocycles. The minimum absolute atomic E-state index is 0.129. The average molecular weight is 460 g/mol. The van der Waals surface area contributed by atoms with Crippen molar-refractivity contribution in [3.8, 4) is 21.8 Å². The van der Waals surface area contributed by atoms with Gasteiger partial charge in [0.05, 0.1) is 26.3 Å². The van der Waals surface area contributed by atoms with Crippen molar-refractivity contribution in [3.05, 3.63) is 92.7 Å². The molecule has 0 spiro atoms. The zero-order valence-corrected chi connectivity index (χ0v) is 17.9. The van der Waals surface area contributed by atoms with Gasteiger partial charge in [0.25, 0.3) is 5.91 Å². The van der Waals surface area contributed by atoms with E-state index in [1.54, 1.807) is 35.6 Å². The van der Waals surface area contributed by atoms with Gasteiger partial charge in [-0.15, -0.1) is 11.3 Å². The molecule has 0 unspecified atom stereocenters. The van der Waals surface area contributed by atoms with Gasteiger partial charge in [0.1, 0.15) is 5.01 Å². The number of rotatable bonds is 4. The first-order valence-corrected chi connectivity index (χ1v) is 10.6. The molecule has 0 saturated heterocycles. The summed E-state index contributed by atoms with van der Waals surface area (Å²) < 4.78 is 0. The Labute approximate surface area is 186 Å². The number of aromatic nitrogens is 1. The van der Waals surface area contributed by atoms with Gasteiger partial charge >= 0.3 is 0 Å². The Morgan fingerprint density at radius 1 is 0.828 bits per heavy atom. The third-order valence-electron chi connectivity index (χ3n) is 4.23. The van der Waals surface area contributed by atoms with Crippen LogP contribution in [0, 0.1) is 0 Å². The quantitative estimate of drug-likeness (QED) is 0.318. The second-order valence-corrected chi connectivity index (χ2v) is 8.20. The normalized spacial score (nSPS) is 10.7. The monoisotopic (exact) mass is 458 g/mol. The molecule has 3 aromatic carbocycles. The number of nitrogens with one attached hydrogen (secondary N) is 1. The summed E-state index contributed by atoms with van der Waals surface area (Å²) in [5.41, 5.74) is 3.69. The van der Waals surface area contributed by atoms with Crippen molar-refractivity contribution in [3.63, 3.8) is 0 Å². The van der Waals surface area contributed by atoms with Crippen molar-refractivity contribution in [1.29, 1.82) is 0 Å². The number of hydrogen-bond donors (Lipinski definition) is 1. The highest BCUT2D eigenvalue weighted by Gasteiger charge is 2.17. The summed E-state index contributed by atoms with van der Waals surface area (Å²) in [4.78, 5) is 17.3. The van der Waals surface area contributed by atoms with E-state index in [9.17, 15) is 4.79 Å². The maximum absolute atomic E-state index is 12.6. The minimum atomic E-state index is -0.421. The highest BCUT2D eigenvalue weighted by molar-refractivity contribution is 7.13. The minimum Gasteiger partial charge on any atom is -0.322 e. The SMILES string of the molecule is O=C(Nc1ccc(-c2csc(-c3ccccc3)n2)cc1)c1c(Cl)ccc(Cl)c1Cl. The molecule has 0 aliphatic rings. The van der Waals surface area contributed by atoms with Gasteiger partial charge in [-0.25, -0.2) is 4.98 Å². The lowest BCUT2D eigenvalue weighted by atomic mass is 10.1. The Hall–Kier alpha value is -2.37. The molecule has 1 N–H and O–H groups in total. The molecule has 3 nitrogen and oxygen atoms in total. The Bertz CT molecular complexity index is 1170. The highest BCUT2D eigenvalue weighted by Crippen LogP contribution is 2.33. The van der Waals surface area contributed by atoms with Gasteiger partial charge in [0, 0.05) is 22.2 Å². The smallest absolute Gasteiger partial charge is 0.258 e. The van der Waals surface area contributed by atoms with Gasteiger partial charge in [0.15, 0.2) is 0 Å². The summed E-state index contributed by atoms with van der Waals surface area (Å²) in [6.07, 6.45) is 0. The van der Waals surface area contributed by atoms with Crippen LogP contribution in [-0.2, 0) is 0 Å². The first-order valence-electron chi connectivity index (χ1n) is 8.59. The van der Waals surface area contributed by atoms with Crippen LogP contribution in [0.4, 0.5) is 5.69 Å². The molecule has 0 aliphatic heterocycles. The van der Waals surface area contributed by atoms with E-state index in [1.807, 2.05) is 47.8 Å². The van der Waals surface area contributed by atoms with Crippen molar-refractivity contribution in [2.24, 2.45) is 0 Å². The summed E-state index contributed by atoms with van der Waals surface area (Å²) >= 11 is 19.8. The molecule has 144 valence electrons. The van der Waals surface area contributed by atoms with Crippen LogP contribution < -0.4 is 5.32 Å². The van der Waals surface area contributed by atoms with Crippen molar-refractivity contribution in [1.82, 2.24) is 4.98 Å². The summed E-state index contributed by atoms with van der Waals surface area (Å²) in [6, 6.07) is 20.5. The lowest BCUT2D eigenvalue weighted by molar-refractivity contribution is 0.102. The largest absolute Gasteiger partial charge is 0.322 e. The molecular weight excluding hydrogens is 447 g/mol. The standard InChI is InChI=1S/C22H13Cl3N2OS/c23-16-10-11-17(24)20(25)19(16)21(28)26-15-8-6-13(7-9-15)18-12-29-22(27-18)14-4-2-1-3-5-14/h1-12H,(H,26,28). The lowest BCUT2D eigenvalue weighted by Crippen LogP contribution is -2.13. The molecule has 1 heterocycles. The summed E-state index contributed by atoms with van der Waals surface area (Å²) in [6.45, 7) is 0. The van der Waals surface area contributed by atoms with Crippen LogP contribution in [0.3, 0.4) is 0 Å². The molecular formula is C22H13Cl3N2OS. The van der Waals surface area contributed by atoms with Crippen molar-refractivity contribution in [2.75, 3.05) is 5.32 Å². The third-order valence-corrected chi connectivity index (χ3v) is 6.25. The maximum atomic E-state index is 12.6. The van der Waals surface area contributed by atoms with Crippen LogP contribution in [0.25, 0.3) is 21.8 Å². The van der Waals surface area contributed by atoms with E-state index in [-0.39, 0.29) is 20.6 Å². The predicted molar refractivity (Wildman–Crippen MR) is 122 cm³/mol. The van der Waals surface area contributed by atoms with E-state index in [2.05, 4.69) is 5.32 Å². The van der Waals surface area contributed by atoms with Gasteiger partial charge < -0.3 is 5.32 Å². The number of amides is 1. The number of halogens is 3. The molecule has 1 aromatic heterocycles. The topological polar surface area (TPSA) is 42.0 Å². The van der Waals surface area contributed by atoms with E-state index >= 15 is 0 Å². The zero-order valence-electron chi connectivity index (χ0n) is 14.8. The molecule has 0 bridgehead atoms. The molecule has 4 rings (SSSR count). The highest BCUT2D eigenvalue weighted by atomic mass is 35.5. The molecule has 0 radical (unpaired) electrons. The van der Waals surface area contributed by atoms with E-state index in [0.29, 0.717) is 5.69 Å². The Morgan fingerprint density at radius 2 is 1.52 bits per heavy atom. The number of nitrogens with zero attached hydrogens (tertiary/aromatic N) is 1. The van der Waals surface area contributed by atoms with Crippen LogP contribution in [0.15, 0.2) is 72.1 Å². The molecule has 7 heteroatoms. The summed E-state index contributed by atoms with van der Waals surface area (Å²) in [5, 5.41) is 6.41. The van der Waals surface area contributed by atoms with Crippen molar-refractivity contribution >= 4 is 57.7 Å². The van der Waals surface area contributed by atoms with Crippen LogP contribution in [-0.4, -0.2) is 10.9 Å². The number of thiazole rings is 1. The van der Waals surface area contributed by atoms with E-state index < -0.39 is 5.91 Å². The van der Waals surface area contributed by atoms with E-state index in [4.69, 9.17) is 39.8 Å². The van der Waals surface area contributed by atoms with Crippen LogP contribution in [0.1, 0.15) is 10.4 Å². The van der Waals surface area contributed by atoms with Gasteiger partial charge in [-0.05, 0) is 24.3 Å². The number of carbonyl (C=O) groups excluding carboxylic acids is 1. The lowest BCUT2D eigenvalue weighted by Gasteiger charge is -2.10. The number of benzene rings is 3. The molecule has 4 aromatic rings. The van der Waals surface area contributed by atoms with Crippen molar-refractivity contribution < 1.29 is 4.79 Å². The summed E-state index contributed by atoms with van der Waals surface area (Å²) in [7, 11) is 0. The Kier molecular flexibility index (Phi) is 5.88. The maximum Gasteiger partial charge on any atom is 0.258 e. The predicted octanol–water partition coefficient (Wildman–Crippen LogP) is 7.69. The van der Waals surface area contributed by atoms with Gasteiger partial charge in [-0.3, -0.25) is 4.79 Å². The molecule has 0 aliphatic carbocycles.